The third-order valence-electron chi connectivity index (χ3n) is 7.21. The van der Waals surface area contributed by atoms with Gasteiger partial charge in [0, 0.05) is 28.6 Å². The van der Waals surface area contributed by atoms with Crippen LogP contribution in [-0.2, 0) is 32.3 Å². The summed E-state index contributed by atoms with van der Waals surface area (Å²) in [5.74, 6) is -2.09. The van der Waals surface area contributed by atoms with Crippen molar-refractivity contribution in [3.8, 4) is 0 Å². The highest BCUT2D eigenvalue weighted by molar-refractivity contribution is 7.48. The molecule has 48 heavy (non-hydrogen) atoms. The minimum atomic E-state index is -4.47. The molecular formula is C28H23ClN5O13P. The number of benzene rings is 1. The van der Waals surface area contributed by atoms with Gasteiger partial charge in [0.1, 0.15) is 12.5 Å². The zero-order chi connectivity index (χ0) is 33.9. The number of H-pyrrole nitrogens is 1. The Balaban J connectivity index is 1.39. The minimum Gasteiger partial charge on any atom is -0.472 e. The van der Waals surface area contributed by atoms with Gasteiger partial charge in [-0.25, -0.2) is 18.9 Å². The Hall–Kier alpha value is -4.93. The molecular weight excluding hydrogens is 681 g/mol. The highest BCUT2D eigenvalue weighted by atomic mass is 35.5. The highest BCUT2D eigenvalue weighted by Crippen LogP contribution is 2.58. The molecule has 3 aromatic heterocycles. The molecule has 250 valence electrons. The number of carbonyl (C=O) groups excluding carboxylic acids is 2. The fourth-order valence-electron chi connectivity index (χ4n) is 4.99. The van der Waals surface area contributed by atoms with Gasteiger partial charge in [-0.2, -0.15) is 0 Å². The summed E-state index contributed by atoms with van der Waals surface area (Å²) in [4.78, 5) is 56.1. The maximum Gasteiger partial charge on any atom is 0.475 e. The van der Waals surface area contributed by atoms with Gasteiger partial charge in [-0.1, -0.05) is 28.8 Å². The normalized spacial score (nSPS) is 26.8. The summed E-state index contributed by atoms with van der Waals surface area (Å²) in [7, 11) is -4.47. The number of hydrogen-bond acceptors (Lipinski definition) is 14. The van der Waals surface area contributed by atoms with Gasteiger partial charge in [0.2, 0.25) is 5.72 Å². The van der Waals surface area contributed by atoms with Crippen LogP contribution in [0.3, 0.4) is 0 Å². The molecule has 5 heterocycles. The Kier molecular flexibility index (Phi) is 9.39. The van der Waals surface area contributed by atoms with Crippen molar-refractivity contribution in [3.63, 3.8) is 0 Å². The number of hydrogen-bond donors (Lipinski definition) is 1. The second-order valence-corrected chi connectivity index (χ2v) is 12.3. The SMILES string of the molecule is [N-]=[N+]=N[C@]1(COP2(=O)OCC[C@@H](c3cccc(Cl)c3)O2)O[C@@H](n2ccc(=O)[nH]c2=O)[C@H](OC(=O)c2ccoc2)[C@@H]1OC(=O)c1ccoc1. The lowest BCUT2D eigenvalue weighted by molar-refractivity contribution is -0.128. The van der Waals surface area contributed by atoms with E-state index in [1.165, 1.54) is 24.7 Å². The Morgan fingerprint density at radius 2 is 1.83 bits per heavy atom. The van der Waals surface area contributed by atoms with E-state index in [1.807, 2.05) is 4.98 Å². The molecule has 2 fully saturated rings. The number of rotatable bonds is 10. The summed E-state index contributed by atoms with van der Waals surface area (Å²) in [6.45, 7) is -1.07. The molecule has 0 spiro atoms. The van der Waals surface area contributed by atoms with Crippen molar-refractivity contribution in [2.24, 2.45) is 5.11 Å². The smallest absolute Gasteiger partial charge is 0.472 e. The summed E-state index contributed by atoms with van der Waals surface area (Å²) in [6.07, 6.45) is -0.429. The van der Waals surface area contributed by atoms with Crippen LogP contribution in [0.4, 0.5) is 0 Å². The van der Waals surface area contributed by atoms with Crippen LogP contribution in [0.2, 0.25) is 5.02 Å². The molecule has 0 saturated carbocycles. The Labute approximate surface area is 273 Å². The van der Waals surface area contributed by atoms with Crippen molar-refractivity contribution >= 4 is 31.4 Å². The molecule has 2 aliphatic rings. The van der Waals surface area contributed by atoms with Gasteiger partial charge in [-0.05, 0) is 35.4 Å². The average Bonchev–Trinajstić information content (AvgIpc) is 3.84. The third kappa shape index (κ3) is 6.86. The van der Waals surface area contributed by atoms with Gasteiger partial charge in [-0.15, -0.1) is 0 Å². The molecule has 6 rings (SSSR count). The van der Waals surface area contributed by atoms with E-state index < -0.39 is 67.9 Å². The van der Waals surface area contributed by atoms with E-state index in [9.17, 15) is 29.3 Å². The van der Waals surface area contributed by atoms with Crippen LogP contribution in [-0.4, -0.2) is 52.6 Å². The number of phosphoric ester groups is 1. The van der Waals surface area contributed by atoms with E-state index in [0.29, 0.717) is 10.6 Å². The van der Waals surface area contributed by atoms with E-state index in [1.54, 1.807) is 24.3 Å². The average molecular weight is 704 g/mol. The van der Waals surface area contributed by atoms with Crippen LogP contribution in [0.5, 0.6) is 0 Å². The lowest BCUT2D eigenvalue weighted by atomic mass is 10.0. The number of carbonyl (C=O) groups is 2. The first-order chi connectivity index (χ1) is 23.1. The van der Waals surface area contributed by atoms with Crippen LogP contribution < -0.4 is 11.2 Å². The first kappa shape index (κ1) is 33.0. The fourth-order valence-corrected chi connectivity index (χ4v) is 6.60. The topological polar surface area (TPSA) is 236 Å². The Morgan fingerprint density at radius 3 is 2.48 bits per heavy atom. The molecule has 0 amide bonds. The van der Waals surface area contributed by atoms with E-state index in [0.717, 1.165) is 29.4 Å². The van der Waals surface area contributed by atoms with Crippen molar-refractivity contribution in [2.75, 3.05) is 13.2 Å². The summed E-state index contributed by atoms with van der Waals surface area (Å²) in [5.41, 5.74) is 5.77. The van der Waals surface area contributed by atoms with Gasteiger partial charge in [0.05, 0.1) is 43.0 Å². The Bertz CT molecular complexity index is 2010. The van der Waals surface area contributed by atoms with Crippen LogP contribution in [0.15, 0.2) is 97.3 Å². The number of halogens is 1. The maximum atomic E-state index is 13.8. The monoisotopic (exact) mass is 703 g/mol. The van der Waals surface area contributed by atoms with Crippen molar-refractivity contribution in [3.05, 3.63) is 127 Å². The number of ether oxygens (including phenoxy) is 3. The molecule has 4 aromatic rings. The maximum absolute atomic E-state index is 13.8. The van der Waals surface area contributed by atoms with E-state index in [2.05, 4.69) is 10.0 Å². The van der Waals surface area contributed by atoms with Crippen molar-refractivity contribution in [1.29, 1.82) is 0 Å². The molecule has 20 heteroatoms. The second kappa shape index (κ2) is 13.7. The number of nitrogens with one attached hydrogen (secondary N) is 1. The third-order valence-corrected chi connectivity index (χ3v) is 8.91. The van der Waals surface area contributed by atoms with Gasteiger partial charge in [0.25, 0.3) is 5.56 Å². The minimum absolute atomic E-state index is 0.0803. The number of phosphoric acid groups is 1. The Morgan fingerprint density at radius 1 is 1.10 bits per heavy atom. The molecule has 2 aliphatic heterocycles. The number of nitrogens with zero attached hydrogens (tertiary/aromatic N) is 4. The molecule has 0 radical (unpaired) electrons. The van der Waals surface area contributed by atoms with E-state index >= 15 is 0 Å². The predicted molar refractivity (Wildman–Crippen MR) is 159 cm³/mol. The molecule has 2 saturated heterocycles. The quantitative estimate of drug-likeness (QED) is 0.0778. The zero-order valence-electron chi connectivity index (χ0n) is 24.3. The number of azide groups is 1. The van der Waals surface area contributed by atoms with Crippen LogP contribution >= 0.6 is 19.4 Å². The summed E-state index contributed by atoms with van der Waals surface area (Å²) in [5, 5.41) is 4.11. The fraction of sp³-hybridized carbons (Fsp3) is 0.286. The van der Waals surface area contributed by atoms with E-state index in [-0.39, 0.29) is 24.2 Å². The molecule has 0 aliphatic carbocycles. The number of furan rings is 2. The second-order valence-electron chi connectivity index (χ2n) is 10.3. The first-order valence-corrected chi connectivity index (χ1v) is 15.8. The zero-order valence-corrected chi connectivity index (χ0v) is 25.9. The van der Waals surface area contributed by atoms with Crippen LogP contribution in [0, 0.1) is 0 Å². The molecule has 6 atom stereocenters. The standard InChI is InChI=1S/C28H23ClN5O13P/c29-19-3-1-2-16(12-19)20-7-11-42-48(39,47-20)43-15-28(32-33-30)23(45-26(37)18-6-10-41-14-18)22(44-25(36)17-5-9-40-13-17)24(46-28)34-8-4-21(35)31-27(34)38/h1-6,8-10,12-14,20,22-24H,7,11,15H2,(H,31,35,38)/t20-,22+,23-,24+,28+,48?/m0/s1. The lowest BCUT2D eigenvalue weighted by Gasteiger charge is -2.33. The lowest BCUT2D eigenvalue weighted by Crippen LogP contribution is -2.49. The van der Waals surface area contributed by atoms with Crippen LogP contribution in [0.1, 0.15) is 45.0 Å². The van der Waals surface area contributed by atoms with Gasteiger partial charge < -0.3 is 23.0 Å². The van der Waals surface area contributed by atoms with Gasteiger partial charge >= 0.3 is 25.5 Å². The summed E-state index contributed by atoms with van der Waals surface area (Å²) >= 11 is 6.11. The van der Waals surface area contributed by atoms with E-state index in [4.69, 9.17) is 48.2 Å². The van der Waals surface area contributed by atoms with Gasteiger partial charge in [0.15, 0.2) is 18.4 Å². The van der Waals surface area contributed by atoms with Crippen molar-refractivity contribution < 1.29 is 50.8 Å². The highest BCUT2D eigenvalue weighted by Gasteiger charge is 2.62. The number of esters is 2. The number of aromatic amines is 1. The summed E-state index contributed by atoms with van der Waals surface area (Å²) in [6, 6.07) is 10.1. The molecule has 0 bridgehead atoms. The van der Waals surface area contributed by atoms with Crippen molar-refractivity contribution in [2.45, 2.75) is 36.7 Å². The first-order valence-electron chi connectivity index (χ1n) is 13.9. The molecule has 1 unspecified atom stereocenters. The largest absolute Gasteiger partial charge is 0.475 e. The predicted octanol–water partition coefficient (Wildman–Crippen LogP) is 4.67. The number of aromatic nitrogens is 2. The van der Waals surface area contributed by atoms with Crippen LogP contribution in [0.25, 0.3) is 10.4 Å². The molecule has 1 aromatic carbocycles. The molecule has 1 N–H and O–H groups in total. The summed E-state index contributed by atoms with van der Waals surface area (Å²) < 4.78 is 58.6. The van der Waals surface area contributed by atoms with Crippen molar-refractivity contribution in [1.82, 2.24) is 9.55 Å². The molecule has 18 nitrogen and oxygen atoms in total. The van der Waals surface area contributed by atoms with Gasteiger partial charge in [-0.3, -0.25) is 27.9 Å².